The fourth-order valence-electron chi connectivity index (χ4n) is 2.59. The number of nitrogens with one attached hydrogen (secondary N) is 1. The van der Waals surface area contributed by atoms with Gasteiger partial charge in [-0.1, -0.05) is 73.8 Å². The molecular weight excluding hydrogens is 278 g/mol. The molecule has 0 fully saturated rings. The molecule has 2 heteroatoms. The maximum atomic E-state index is 5.97. The van der Waals surface area contributed by atoms with E-state index in [2.05, 4.69) is 61.6 Å². The average Bonchev–Trinajstić information content (AvgIpc) is 2.52. The van der Waals surface area contributed by atoms with E-state index in [4.69, 9.17) is 11.6 Å². The zero-order valence-electron chi connectivity index (χ0n) is 12.9. The summed E-state index contributed by atoms with van der Waals surface area (Å²) in [5, 5.41) is 4.55. The summed E-state index contributed by atoms with van der Waals surface area (Å²) >= 11 is 5.97. The second kappa shape index (κ2) is 8.21. The van der Waals surface area contributed by atoms with Crippen LogP contribution in [0.25, 0.3) is 0 Å². The molecule has 0 aliphatic rings. The molecule has 112 valence electrons. The van der Waals surface area contributed by atoms with Crippen LogP contribution >= 0.6 is 11.6 Å². The topological polar surface area (TPSA) is 12.0 Å². The average molecular weight is 302 g/mol. The Morgan fingerprint density at radius 3 is 2.24 bits per heavy atom. The van der Waals surface area contributed by atoms with Crippen molar-refractivity contribution in [2.24, 2.45) is 0 Å². The quantitative estimate of drug-likeness (QED) is 0.669. The smallest absolute Gasteiger partial charge is 0.0406 e. The third-order valence-corrected chi connectivity index (χ3v) is 4.12. The van der Waals surface area contributed by atoms with Crippen LogP contribution in [0.2, 0.25) is 5.02 Å². The molecule has 0 aromatic heterocycles. The van der Waals surface area contributed by atoms with Crippen molar-refractivity contribution < 1.29 is 0 Å². The fraction of sp³-hybridized carbons (Fsp3) is 0.368. The predicted octanol–water partition coefficient (Wildman–Crippen LogP) is 5.92. The highest BCUT2D eigenvalue weighted by molar-refractivity contribution is 6.30. The molecule has 1 N–H and O–H groups in total. The fourth-order valence-corrected chi connectivity index (χ4v) is 2.72. The molecule has 2 aromatic rings. The Bertz CT molecular complexity index is 521. The van der Waals surface area contributed by atoms with Crippen molar-refractivity contribution in [3.63, 3.8) is 0 Å². The minimum absolute atomic E-state index is 0.310. The van der Waals surface area contributed by atoms with Gasteiger partial charge in [0.1, 0.15) is 0 Å². The molecule has 21 heavy (non-hydrogen) atoms. The number of unbranched alkanes of at least 4 members (excludes halogenated alkanes) is 1. The van der Waals surface area contributed by atoms with Crippen molar-refractivity contribution >= 4 is 11.6 Å². The number of hydrogen-bond donors (Lipinski definition) is 1. The lowest BCUT2D eigenvalue weighted by Gasteiger charge is -2.24. The summed E-state index contributed by atoms with van der Waals surface area (Å²) < 4.78 is 0. The summed E-state index contributed by atoms with van der Waals surface area (Å²) in [6, 6.07) is 19.5. The van der Waals surface area contributed by atoms with E-state index in [1.807, 2.05) is 12.1 Å². The largest absolute Gasteiger partial charge is 0.303 e. The standard InChI is InChI=1S/C19H24ClN/c1-3-4-10-19(17-8-6-5-7-9-17)21-15(2)16-11-13-18(20)14-12-16/h5-9,11-15,19,21H,3-4,10H2,1-2H3. The monoisotopic (exact) mass is 301 g/mol. The Morgan fingerprint density at radius 1 is 0.952 bits per heavy atom. The number of hydrogen-bond acceptors (Lipinski definition) is 1. The third kappa shape index (κ3) is 4.87. The van der Waals surface area contributed by atoms with Crippen LogP contribution in [0.5, 0.6) is 0 Å². The van der Waals surface area contributed by atoms with Gasteiger partial charge >= 0.3 is 0 Å². The van der Waals surface area contributed by atoms with Crippen LogP contribution in [0, 0.1) is 0 Å². The van der Waals surface area contributed by atoms with Crippen molar-refractivity contribution in [1.82, 2.24) is 5.32 Å². The van der Waals surface area contributed by atoms with Crippen LogP contribution in [0.15, 0.2) is 54.6 Å². The maximum Gasteiger partial charge on any atom is 0.0406 e. The van der Waals surface area contributed by atoms with Crippen LogP contribution in [-0.2, 0) is 0 Å². The summed E-state index contributed by atoms with van der Waals surface area (Å²) in [6.45, 7) is 4.45. The number of benzene rings is 2. The first-order valence-corrected chi connectivity index (χ1v) is 8.15. The first-order valence-electron chi connectivity index (χ1n) is 7.77. The van der Waals surface area contributed by atoms with Gasteiger partial charge in [0.15, 0.2) is 0 Å². The van der Waals surface area contributed by atoms with Gasteiger partial charge in [0.25, 0.3) is 0 Å². The lowest BCUT2D eigenvalue weighted by Crippen LogP contribution is -2.24. The Labute approximate surface area is 133 Å². The molecular formula is C19H24ClN. The Balaban J connectivity index is 2.09. The summed E-state index contributed by atoms with van der Waals surface area (Å²) in [7, 11) is 0. The molecule has 2 unspecified atom stereocenters. The Hall–Kier alpha value is -1.31. The molecule has 0 heterocycles. The maximum absolute atomic E-state index is 5.97. The van der Waals surface area contributed by atoms with Crippen molar-refractivity contribution in [2.75, 3.05) is 0 Å². The van der Waals surface area contributed by atoms with Crippen LogP contribution in [-0.4, -0.2) is 0 Å². The summed E-state index contributed by atoms with van der Waals surface area (Å²) in [6.07, 6.45) is 3.62. The molecule has 0 radical (unpaired) electrons. The number of rotatable bonds is 7. The third-order valence-electron chi connectivity index (χ3n) is 3.87. The predicted molar refractivity (Wildman–Crippen MR) is 91.7 cm³/mol. The highest BCUT2D eigenvalue weighted by Crippen LogP contribution is 2.24. The van der Waals surface area contributed by atoms with E-state index in [0.717, 1.165) is 5.02 Å². The lowest BCUT2D eigenvalue weighted by atomic mass is 9.99. The second-order valence-electron chi connectivity index (χ2n) is 5.55. The van der Waals surface area contributed by atoms with E-state index in [-0.39, 0.29) is 0 Å². The minimum atomic E-state index is 0.310. The van der Waals surface area contributed by atoms with Gasteiger partial charge < -0.3 is 5.32 Å². The normalized spacial score (nSPS) is 13.9. The second-order valence-corrected chi connectivity index (χ2v) is 5.98. The SMILES string of the molecule is CCCCC(NC(C)c1ccc(Cl)cc1)c1ccccc1. The summed E-state index contributed by atoms with van der Waals surface area (Å²) in [4.78, 5) is 0. The first kappa shape index (κ1) is 16.1. The molecule has 0 aliphatic carbocycles. The summed E-state index contributed by atoms with van der Waals surface area (Å²) in [5.41, 5.74) is 2.64. The highest BCUT2D eigenvalue weighted by Gasteiger charge is 2.14. The van der Waals surface area contributed by atoms with Gasteiger partial charge in [-0.05, 0) is 36.6 Å². The van der Waals surface area contributed by atoms with Crippen LogP contribution in [0.4, 0.5) is 0 Å². The van der Waals surface area contributed by atoms with Gasteiger partial charge in [-0.25, -0.2) is 0 Å². The van der Waals surface area contributed by atoms with Gasteiger partial charge in [0, 0.05) is 17.1 Å². The van der Waals surface area contributed by atoms with Gasteiger partial charge in [0.05, 0.1) is 0 Å². The Kier molecular flexibility index (Phi) is 6.28. The Morgan fingerprint density at radius 2 is 1.62 bits per heavy atom. The highest BCUT2D eigenvalue weighted by atomic mass is 35.5. The van der Waals surface area contributed by atoms with Crippen molar-refractivity contribution in [3.05, 3.63) is 70.7 Å². The molecule has 2 rings (SSSR count). The van der Waals surface area contributed by atoms with Gasteiger partial charge in [-0.2, -0.15) is 0 Å². The van der Waals surface area contributed by atoms with Gasteiger partial charge in [-0.15, -0.1) is 0 Å². The number of halogens is 1. The molecule has 0 bridgehead atoms. The van der Waals surface area contributed by atoms with E-state index in [9.17, 15) is 0 Å². The van der Waals surface area contributed by atoms with E-state index in [0.29, 0.717) is 12.1 Å². The van der Waals surface area contributed by atoms with Crippen LogP contribution in [0.3, 0.4) is 0 Å². The molecule has 0 spiro atoms. The van der Waals surface area contributed by atoms with Gasteiger partial charge in [-0.3, -0.25) is 0 Å². The van der Waals surface area contributed by atoms with Crippen molar-refractivity contribution in [3.8, 4) is 0 Å². The van der Waals surface area contributed by atoms with Crippen molar-refractivity contribution in [1.29, 1.82) is 0 Å². The first-order chi connectivity index (χ1) is 10.2. The molecule has 0 aliphatic heterocycles. The van der Waals surface area contributed by atoms with Crippen LogP contribution in [0.1, 0.15) is 56.3 Å². The molecule has 0 saturated heterocycles. The molecule has 0 saturated carbocycles. The zero-order chi connectivity index (χ0) is 15.1. The summed E-state index contributed by atoms with van der Waals surface area (Å²) in [5.74, 6) is 0. The van der Waals surface area contributed by atoms with Crippen molar-refractivity contribution in [2.45, 2.75) is 45.2 Å². The van der Waals surface area contributed by atoms with E-state index >= 15 is 0 Å². The van der Waals surface area contributed by atoms with E-state index < -0.39 is 0 Å². The molecule has 0 amide bonds. The minimum Gasteiger partial charge on any atom is -0.303 e. The molecule has 2 atom stereocenters. The van der Waals surface area contributed by atoms with E-state index in [1.54, 1.807) is 0 Å². The van der Waals surface area contributed by atoms with Gasteiger partial charge in [0.2, 0.25) is 0 Å². The van der Waals surface area contributed by atoms with E-state index in [1.165, 1.54) is 30.4 Å². The molecule has 2 aromatic carbocycles. The lowest BCUT2D eigenvalue weighted by molar-refractivity contribution is 0.431. The molecule has 1 nitrogen and oxygen atoms in total. The van der Waals surface area contributed by atoms with Crippen LogP contribution < -0.4 is 5.32 Å². The zero-order valence-corrected chi connectivity index (χ0v) is 13.6.